The van der Waals surface area contributed by atoms with E-state index in [-0.39, 0.29) is 11.5 Å². The number of benzene rings is 2. The minimum absolute atomic E-state index is 0.217. The number of nitrogen functional groups attached to an aromatic ring is 1. The number of hydrogen-bond acceptors (Lipinski definition) is 6. The quantitative estimate of drug-likeness (QED) is 0.476. The van der Waals surface area contributed by atoms with Gasteiger partial charge in [0.05, 0.1) is 20.4 Å². The normalized spacial score (nSPS) is 10.3. The number of anilines is 2. The zero-order chi connectivity index (χ0) is 21.0. The highest BCUT2D eigenvalue weighted by Crippen LogP contribution is 2.30. The van der Waals surface area contributed by atoms with Crippen LogP contribution in [0.3, 0.4) is 0 Å². The SMILES string of the molecule is COC(=O)Nc1ccc(-c2cccc(C(=O)c3cc(OC)c(Cl)cn3)c2)c(N)c1. The summed E-state index contributed by atoms with van der Waals surface area (Å²) in [4.78, 5) is 28.3. The first kappa shape index (κ1) is 20.2. The molecule has 2 aromatic carbocycles. The molecule has 0 bridgehead atoms. The maximum absolute atomic E-state index is 12.8. The van der Waals surface area contributed by atoms with Gasteiger partial charge in [0, 0.05) is 28.6 Å². The van der Waals surface area contributed by atoms with Gasteiger partial charge in [0.2, 0.25) is 5.78 Å². The molecule has 0 fully saturated rings. The Kier molecular flexibility index (Phi) is 5.99. The molecular weight excluding hydrogens is 394 g/mol. The number of aromatic nitrogens is 1. The Labute approximate surface area is 172 Å². The van der Waals surface area contributed by atoms with Gasteiger partial charge >= 0.3 is 6.09 Å². The first-order chi connectivity index (χ1) is 13.9. The number of amides is 1. The number of ketones is 1. The number of nitrogens with two attached hydrogens (primary N) is 1. The Morgan fingerprint density at radius 1 is 1.10 bits per heavy atom. The van der Waals surface area contributed by atoms with Crippen LogP contribution in [0.2, 0.25) is 5.02 Å². The van der Waals surface area contributed by atoms with E-state index in [2.05, 4.69) is 15.0 Å². The lowest BCUT2D eigenvalue weighted by atomic mass is 9.98. The smallest absolute Gasteiger partial charge is 0.411 e. The molecule has 0 spiro atoms. The Morgan fingerprint density at radius 2 is 1.90 bits per heavy atom. The van der Waals surface area contributed by atoms with E-state index >= 15 is 0 Å². The summed E-state index contributed by atoms with van der Waals surface area (Å²) in [5.41, 5.74) is 9.21. The number of halogens is 1. The minimum Gasteiger partial charge on any atom is -0.495 e. The van der Waals surface area contributed by atoms with E-state index in [1.165, 1.54) is 26.5 Å². The van der Waals surface area contributed by atoms with Crippen molar-refractivity contribution in [3.05, 3.63) is 71.0 Å². The van der Waals surface area contributed by atoms with Crippen LogP contribution in [0.5, 0.6) is 5.75 Å². The molecule has 29 heavy (non-hydrogen) atoms. The van der Waals surface area contributed by atoms with Crippen LogP contribution >= 0.6 is 11.6 Å². The van der Waals surface area contributed by atoms with E-state index in [1.54, 1.807) is 36.4 Å². The number of methoxy groups -OCH3 is 2. The second-order valence-corrected chi connectivity index (χ2v) is 6.44. The molecule has 0 aliphatic rings. The molecule has 0 radical (unpaired) electrons. The number of pyridine rings is 1. The molecule has 3 N–H and O–H groups in total. The second-order valence-electron chi connectivity index (χ2n) is 6.03. The van der Waals surface area contributed by atoms with Gasteiger partial charge in [0.15, 0.2) is 0 Å². The van der Waals surface area contributed by atoms with Crippen molar-refractivity contribution in [2.75, 3.05) is 25.3 Å². The summed E-state index contributed by atoms with van der Waals surface area (Å²) >= 11 is 5.98. The lowest BCUT2D eigenvalue weighted by Crippen LogP contribution is -2.11. The van der Waals surface area contributed by atoms with Gasteiger partial charge in [0.25, 0.3) is 0 Å². The van der Waals surface area contributed by atoms with Gasteiger partial charge in [-0.1, -0.05) is 35.9 Å². The third kappa shape index (κ3) is 4.47. The van der Waals surface area contributed by atoms with E-state index in [1.807, 2.05) is 6.07 Å². The van der Waals surface area contributed by atoms with Gasteiger partial charge in [-0.05, 0) is 23.8 Å². The number of rotatable bonds is 5. The molecule has 3 aromatic rings. The molecular formula is C21H18ClN3O4. The predicted molar refractivity (Wildman–Crippen MR) is 112 cm³/mol. The van der Waals surface area contributed by atoms with Gasteiger partial charge in [-0.25, -0.2) is 4.79 Å². The number of nitrogens with one attached hydrogen (secondary N) is 1. The Morgan fingerprint density at radius 3 is 2.59 bits per heavy atom. The van der Waals surface area contributed by atoms with Crippen molar-refractivity contribution in [2.24, 2.45) is 0 Å². The summed E-state index contributed by atoms with van der Waals surface area (Å²) in [6.07, 6.45) is 0.790. The minimum atomic E-state index is -0.587. The lowest BCUT2D eigenvalue weighted by Gasteiger charge is -2.11. The Bertz CT molecular complexity index is 1090. The van der Waals surface area contributed by atoms with Crippen molar-refractivity contribution in [3.63, 3.8) is 0 Å². The Balaban J connectivity index is 1.91. The van der Waals surface area contributed by atoms with Gasteiger partial charge in [-0.2, -0.15) is 0 Å². The van der Waals surface area contributed by atoms with Crippen LogP contribution in [0.15, 0.2) is 54.7 Å². The molecule has 1 aromatic heterocycles. The van der Waals surface area contributed by atoms with Crippen LogP contribution < -0.4 is 15.8 Å². The summed E-state index contributed by atoms with van der Waals surface area (Å²) in [7, 11) is 2.75. The highest BCUT2D eigenvalue weighted by molar-refractivity contribution is 6.32. The lowest BCUT2D eigenvalue weighted by molar-refractivity contribution is 0.103. The fourth-order valence-corrected chi connectivity index (χ4v) is 2.93. The molecule has 0 saturated heterocycles. The molecule has 7 nitrogen and oxygen atoms in total. The first-order valence-electron chi connectivity index (χ1n) is 8.52. The van der Waals surface area contributed by atoms with E-state index in [9.17, 15) is 9.59 Å². The van der Waals surface area contributed by atoms with Gasteiger partial charge in [-0.3, -0.25) is 15.1 Å². The number of carbonyl (C=O) groups is 2. The first-order valence-corrected chi connectivity index (χ1v) is 8.90. The standard InChI is InChI=1S/C21H18ClN3O4/c1-28-19-10-18(24-11-16(19)22)20(26)13-5-3-4-12(8-13)15-7-6-14(9-17(15)23)25-21(27)29-2/h3-11H,23H2,1-2H3,(H,25,27). The van der Waals surface area contributed by atoms with Crippen LogP contribution in [0.4, 0.5) is 16.2 Å². The zero-order valence-electron chi connectivity index (χ0n) is 15.7. The number of ether oxygens (including phenoxy) is 2. The van der Waals surface area contributed by atoms with E-state index < -0.39 is 6.09 Å². The van der Waals surface area contributed by atoms with Crippen LogP contribution in [0.1, 0.15) is 16.1 Å². The molecule has 0 atom stereocenters. The van der Waals surface area contributed by atoms with E-state index in [0.29, 0.717) is 27.7 Å². The highest BCUT2D eigenvalue weighted by Gasteiger charge is 2.15. The van der Waals surface area contributed by atoms with Crippen molar-refractivity contribution in [1.82, 2.24) is 4.98 Å². The summed E-state index contributed by atoms with van der Waals surface area (Å²) < 4.78 is 9.71. The molecule has 0 aliphatic carbocycles. The maximum Gasteiger partial charge on any atom is 0.411 e. The topological polar surface area (TPSA) is 104 Å². The predicted octanol–water partition coefficient (Wildman–Crippen LogP) is 4.40. The molecule has 0 saturated carbocycles. The molecule has 1 amide bonds. The number of nitrogens with zero attached hydrogens (tertiary/aromatic N) is 1. The third-order valence-electron chi connectivity index (χ3n) is 4.19. The highest BCUT2D eigenvalue weighted by atomic mass is 35.5. The third-order valence-corrected chi connectivity index (χ3v) is 4.48. The summed E-state index contributed by atoms with van der Waals surface area (Å²) in [6, 6.07) is 13.6. The molecule has 3 rings (SSSR count). The number of hydrogen-bond donors (Lipinski definition) is 2. The molecule has 0 unspecified atom stereocenters. The Hall–Kier alpha value is -3.58. The van der Waals surface area contributed by atoms with Crippen molar-refractivity contribution in [3.8, 4) is 16.9 Å². The van der Waals surface area contributed by atoms with Crippen LogP contribution in [0, 0.1) is 0 Å². The molecule has 1 heterocycles. The number of carbonyl (C=O) groups excluding carboxylic acids is 2. The van der Waals surface area contributed by atoms with E-state index in [0.717, 1.165) is 11.1 Å². The van der Waals surface area contributed by atoms with Crippen LogP contribution in [-0.4, -0.2) is 31.1 Å². The van der Waals surface area contributed by atoms with Crippen molar-refractivity contribution >= 4 is 34.9 Å². The second kappa shape index (κ2) is 8.62. The summed E-state index contributed by atoms with van der Waals surface area (Å²) in [5.74, 6) is 0.100. The maximum atomic E-state index is 12.8. The van der Waals surface area contributed by atoms with Crippen molar-refractivity contribution < 1.29 is 19.1 Å². The molecule has 0 aliphatic heterocycles. The van der Waals surface area contributed by atoms with Gasteiger partial charge < -0.3 is 15.2 Å². The fraction of sp³-hybridized carbons (Fsp3) is 0.0952. The average molecular weight is 412 g/mol. The van der Waals surface area contributed by atoms with Crippen LogP contribution in [0.25, 0.3) is 11.1 Å². The van der Waals surface area contributed by atoms with Crippen molar-refractivity contribution in [1.29, 1.82) is 0 Å². The largest absolute Gasteiger partial charge is 0.495 e. The monoisotopic (exact) mass is 411 g/mol. The van der Waals surface area contributed by atoms with E-state index in [4.69, 9.17) is 22.1 Å². The van der Waals surface area contributed by atoms with Crippen molar-refractivity contribution in [2.45, 2.75) is 0 Å². The average Bonchev–Trinajstić information content (AvgIpc) is 2.73. The summed E-state index contributed by atoms with van der Waals surface area (Å²) in [5, 5.41) is 2.88. The van der Waals surface area contributed by atoms with Gasteiger partial charge in [0.1, 0.15) is 16.5 Å². The zero-order valence-corrected chi connectivity index (χ0v) is 16.5. The van der Waals surface area contributed by atoms with Gasteiger partial charge in [-0.15, -0.1) is 0 Å². The fourth-order valence-electron chi connectivity index (χ4n) is 2.75. The molecule has 148 valence electrons. The van der Waals surface area contributed by atoms with Crippen LogP contribution in [-0.2, 0) is 4.74 Å². The molecule has 8 heteroatoms. The summed E-state index contributed by atoms with van der Waals surface area (Å²) in [6.45, 7) is 0.